The van der Waals surface area contributed by atoms with Crippen molar-refractivity contribution < 1.29 is 18.3 Å². The summed E-state index contributed by atoms with van der Waals surface area (Å²) in [7, 11) is 0. The van der Waals surface area contributed by atoms with E-state index < -0.39 is 12.5 Å². The van der Waals surface area contributed by atoms with Gasteiger partial charge in [-0.05, 0) is 19.1 Å². The maximum absolute atomic E-state index is 12.3. The summed E-state index contributed by atoms with van der Waals surface area (Å²) in [6, 6.07) is 5.85. The van der Waals surface area contributed by atoms with E-state index in [0.717, 1.165) is 0 Å². The Morgan fingerprint density at radius 3 is 2.75 bits per heavy atom. The second-order valence-corrected chi connectivity index (χ2v) is 3.94. The molecule has 6 nitrogen and oxygen atoms in total. The number of anilines is 2. The van der Waals surface area contributed by atoms with Crippen molar-refractivity contribution in [2.45, 2.75) is 13.5 Å². The van der Waals surface area contributed by atoms with Gasteiger partial charge in [-0.1, -0.05) is 12.1 Å². The van der Waals surface area contributed by atoms with Crippen molar-refractivity contribution in [2.75, 3.05) is 11.1 Å². The summed E-state index contributed by atoms with van der Waals surface area (Å²) in [5.41, 5.74) is 6.53. The molecule has 0 radical (unpaired) electrons. The van der Waals surface area contributed by atoms with E-state index in [-0.39, 0.29) is 22.8 Å². The molecule has 4 N–H and O–H groups in total. The number of nitrogens with two attached hydrogens (primary N) is 1. The Morgan fingerprint density at radius 1 is 1.45 bits per heavy atom. The van der Waals surface area contributed by atoms with Crippen molar-refractivity contribution >= 4 is 17.3 Å². The normalized spacial score (nSPS) is 10.6. The Bertz CT molecular complexity index is 628. The summed E-state index contributed by atoms with van der Waals surface area (Å²) >= 11 is 0. The van der Waals surface area contributed by atoms with E-state index in [1.807, 2.05) is 0 Å². The first-order valence-corrected chi connectivity index (χ1v) is 5.64. The summed E-state index contributed by atoms with van der Waals surface area (Å²) in [5.74, 6) is -0.751. The van der Waals surface area contributed by atoms with Gasteiger partial charge >= 0.3 is 6.61 Å². The monoisotopic (exact) mass is 282 g/mol. The van der Waals surface area contributed by atoms with Crippen molar-refractivity contribution in [2.24, 2.45) is 0 Å². The topological polar surface area (TPSA) is 93.0 Å². The molecule has 2 aromatic rings. The number of hydrogen-bond acceptors (Lipinski definition) is 4. The molecule has 1 amide bonds. The zero-order valence-electron chi connectivity index (χ0n) is 10.5. The fourth-order valence-corrected chi connectivity index (χ4v) is 1.56. The van der Waals surface area contributed by atoms with Crippen LogP contribution in [-0.2, 0) is 0 Å². The Kier molecular flexibility index (Phi) is 3.83. The number of halogens is 2. The molecule has 20 heavy (non-hydrogen) atoms. The largest absolute Gasteiger partial charge is 0.433 e. The van der Waals surface area contributed by atoms with Crippen molar-refractivity contribution in [3.8, 4) is 5.75 Å². The molecule has 0 unspecified atom stereocenters. The van der Waals surface area contributed by atoms with Crippen LogP contribution in [0, 0.1) is 6.92 Å². The Balaban J connectivity index is 2.22. The maximum Gasteiger partial charge on any atom is 0.387 e. The smallest absolute Gasteiger partial charge is 0.387 e. The first-order chi connectivity index (χ1) is 9.49. The van der Waals surface area contributed by atoms with Crippen molar-refractivity contribution in [3.05, 3.63) is 35.7 Å². The molecule has 106 valence electrons. The number of carbonyl (C=O) groups excluding carboxylic acids is 1. The highest BCUT2D eigenvalue weighted by molar-refractivity contribution is 6.07. The average Bonchev–Trinajstić information content (AvgIpc) is 2.72. The summed E-state index contributed by atoms with van der Waals surface area (Å²) in [5, 5.41) is 8.74. The predicted molar refractivity (Wildman–Crippen MR) is 68.8 cm³/mol. The van der Waals surface area contributed by atoms with Gasteiger partial charge in [0.05, 0.1) is 17.1 Å². The molecular weight excluding hydrogens is 270 g/mol. The third kappa shape index (κ3) is 2.85. The van der Waals surface area contributed by atoms with Gasteiger partial charge in [-0.2, -0.15) is 13.9 Å². The van der Waals surface area contributed by atoms with Crippen LogP contribution in [0.1, 0.15) is 16.2 Å². The molecule has 0 aliphatic heterocycles. The molecule has 1 aromatic carbocycles. The van der Waals surface area contributed by atoms with Crippen LogP contribution in [0.25, 0.3) is 0 Å². The number of H-pyrrole nitrogens is 1. The number of nitrogens with zero attached hydrogens (tertiary/aromatic N) is 1. The zero-order valence-corrected chi connectivity index (χ0v) is 10.5. The quantitative estimate of drug-likeness (QED) is 0.801. The lowest BCUT2D eigenvalue weighted by molar-refractivity contribution is -0.0493. The average molecular weight is 282 g/mol. The second kappa shape index (κ2) is 5.55. The van der Waals surface area contributed by atoms with Crippen LogP contribution in [0.2, 0.25) is 0 Å². The first-order valence-electron chi connectivity index (χ1n) is 5.64. The standard InChI is InChI=1S/C12H12F2N4O2/c1-6-9(15)10(18-17-6)11(19)16-7-4-2-3-5-8(7)20-12(13)14/h2-5,12H,15H2,1H3,(H,16,19)(H,17,18). The van der Waals surface area contributed by atoms with Gasteiger partial charge in [0.15, 0.2) is 5.69 Å². The number of hydrogen-bond donors (Lipinski definition) is 3. The second-order valence-electron chi connectivity index (χ2n) is 3.94. The lowest BCUT2D eigenvalue weighted by Crippen LogP contribution is -2.15. The number of aromatic amines is 1. The first kappa shape index (κ1) is 13.8. The molecule has 0 aliphatic rings. The van der Waals surface area contributed by atoms with Crippen LogP contribution in [-0.4, -0.2) is 22.7 Å². The van der Waals surface area contributed by atoms with Crippen molar-refractivity contribution in [3.63, 3.8) is 0 Å². The summed E-state index contributed by atoms with van der Waals surface area (Å²) in [6.45, 7) is -1.32. The van der Waals surface area contributed by atoms with E-state index in [9.17, 15) is 13.6 Å². The number of alkyl halides is 2. The lowest BCUT2D eigenvalue weighted by atomic mass is 10.2. The van der Waals surface area contributed by atoms with Gasteiger partial charge in [0.1, 0.15) is 5.75 Å². The molecular formula is C12H12F2N4O2. The Morgan fingerprint density at radius 2 is 2.15 bits per heavy atom. The third-order valence-corrected chi connectivity index (χ3v) is 2.56. The van der Waals surface area contributed by atoms with Crippen molar-refractivity contribution in [1.82, 2.24) is 10.2 Å². The number of benzene rings is 1. The molecule has 0 saturated carbocycles. The van der Waals surface area contributed by atoms with Gasteiger partial charge in [0.2, 0.25) is 0 Å². The molecule has 0 spiro atoms. The Hall–Kier alpha value is -2.64. The highest BCUT2D eigenvalue weighted by Gasteiger charge is 2.17. The highest BCUT2D eigenvalue weighted by Crippen LogP contribution is 2.26. The summed E-state index contributed by atoms with van der Waals surface area (Å²) < 4.78 is 28.8. The minimum atomic E-state index is -2.98. The van der Waals surface area contributed by atoms with Crippen LogP contribution < -0.4 is 15.8 Å². The fraction of sp³-hybridized carbons (Fsp3) is 0.167. The molecule has 0 bridgehead atoms. The number of ether oxygens (including phenoxy) is 1. The van der Waals surface area contributed by atoms with E-state index in [0.29, 0.717) is 5.69 Å². The van der Waals surface area contributed by atoms with Crippen LogP contribution in [0.15, 0.2) is 24.3 Å². The number of carbonyl (C=O) groups is 1. The lowest BCUT2D eigenvalue weighted by Gasteiger charge is -2.11. The number of rotatable bonds is 4. The minimum absolute atomic E-state index is 0.00523. The fourth-order valence-electron chi connectivity index (χ4n) is 1.56. The Labute approximate surface area is 112 Å². The number of nitrogen functional groups attached to an aromatic ring is 1. The highest BCUT2D eigenvalue weighted by atomic mass is 19.3. The van der Waals surface area contributed by atoms with Gasteiger partial charge < -0.3 is 15.8 Å². The molecule has 0 saturated heterocycles. The predicted octanol–water partition coefficient (Wildman–Crippen LogP) is 2.15. The van der Waals surface area contributed by atoms with Gasteiger partial charge in [-0.25, -0.2) is 0 Å². The number of aryl methyl sites for hydroxylation is 1. The number of aromatic nitrogens is 2. The van der Waals surface area contributed by atoms with Crippen LogP contribution >= 0.6 is 0 Å². The van der Waals surface area contributed by atoms with Crippen LogP contribution in [0.5, 0.6) is 5.75 Å². The molecule has 8 heteroatoms. The molecule has 0 atom stereocenters. The SMILES string of the molecule is Cc1[nH]nc(C(=O)Nc2ccccc2OC(F)F)c1N. The number of nitrogens with one attached hydrogen (secondary N) is 2. The van der Waals surface area contributed by atoms with Crippen LogP contribution in [0.4, 0.5) is 20.2 Å². The summed E-state index contributed by atoms with van der Waals surface area (Å²) in [4.78, 5) is 12.0. The van der Waals surface area contributed by atoms with Crippen molar-refractivity contribution in [1.29, 1.82) is 0 Å². The number of para-hydroxylation sites is 2. The molecule has 0 fully saturated rings. The van der Waals surface area contributed by atoms with Gasteiger partial charge in [0, 0.05) is 0 Å². The number of amides is 1. The third-order valence-electron chi connectivity index (χ3n) is 2.56. The summed E-state index contributed by atoms with van der Waals surface area (Å²) in [6.07, 6.45) is 0. The van der Waals surface area contributed by atoms with E-state index in [1.165, 1.54) is 18.2 Å². The maximum atomic E-state index is 12.3. The zero-order chi connectivity index (χ0) is 14.7. The molecule has 2 rings (SSSR count). The molecule has 0 aliphatic carbocycles. The van der Waals surface area contributed by atoms with Gasteiger partial charge in [-0.15, -0.1) is 0 Å². The van der Waals surface area contributed by atoms with E-state index >= 15 is 0 Å². The van der Waals surface area contributed by atoms with E-state index in [2.05, 4.69) is 20.3 Å². The minimum Gasteiger partial charge on any atom is -0.433 e. The van der Waals surface area contributed by atoms with E-state index in [1.54, 1.807) is 13.0 Å². The van der Waals surface area contributed by atoms with Gasteiger partial charge in [-0.3, -0.25) is 9.89 Å². The van der Waals surface area contributed by atoms with Crippen LogP contribution in [0.3, 0.4) is 0 Å². The molecule has 1 heterocycles. The van der Waals surface area contributed by atoms with E-state index in [4.69, 9.17) is 5.73 Å². The van der Waals surface area contributed by atoms with Gasteiger partial charge in [0.25, 0.3) is 5.91 Å². The molecule has 1 aromatic heterocycles.